The Morgan fingerprint density at radius 2 is 2.11 bits per heavy atom. The predicted molar refractivity (Wildman–Crippen MR) is 79.5 cm³/mol. The summed E-state index contributed by atoms with van der Waals surface area (Å²) < 4.78 is 0. The van der Waals surface area contributed by atoms with Gasteiger partial charge in [0.05, 0.1) is 0 Å². The lowest BCUT2D eigenvalue weighted by Gasteiger charge is -2.21. The number of carbonyl (C=O) groups excluding carboxylic acids is 1. The number of hydrogen-bond acceptors (Lipinski definition) is 2. The fraction of sp³-hybridized carbons (Fsp3) is 0.933. The second-order valence-corrected chi connectivity index (χ2v) is 6.57. The summed E-state index contributed by atoms with van der Waals surface area (Å²) in [4.78, 5) is 11.8. The maximum atomic E-state index is 11.8. The first-order valence-electron chi connectivity index (χ1n) is 7.81. The zero-order valence-electron chi connectivity index (χ0n) is 11.7. The summed E-state index contributed by atoms with van der Waals surface area (Å²) in [5, 5.41) is 6.50. The number of amides is 1. The van der Waals surface area contributed by atoms with Gasteiger partial charge in [0.25, 0.3) is 0 Å². The van der Waals surface area contributed by atoms with Crippen molar-refractivity contribution in [3.63, 3.8) is 0 Å². The fourth-order valence-electron chi connectivity index (χ4n) is 4.35. The number of fused-ring (bicyclic) bond motifs is 2. The highest BCUT2D eigenvalue weighted by Gasteiger charge is 2.38. The molecule has 0 aromatic rings. The van der Waals surface area contributed by atoms with Crippen LogP contribution in [0, 0.1) is 17.8 Å². The highest BCUT2D eigenvalue weighted by molar-refractivity contribution is 5.85. The number of rotatable bonds is 5. The molecule has 110 valence electrons. The molecule has 1 saturated heterocycles. The van der Waals surface area contributed by atoms with Crippen molar-refractivity contribution >= 4 is 18.3 Å². The van der Waals surface area contributed by atoms with Gasteiger partial charge in [-0.1, -0.05) is 6.42 Å². The van der Waals surface area contributed by atoms with Crippen LogP contribution in [0.5, 0.6) is 0 Å². The highest BCUT2D eigenvalue weighted by Crippen LogP contribution is 2.49. The Morgan fingerprint density at radius 1 is 1.21 bits per heavy atom. The molecule has 19 heavy (non-hydrogen) atoms. The maximum absolute atomic E-state index is 11.8. The zero-order chi connectivity index (χ0) is 12.4. The van der Waals surface area contributed by atoms with Crippen LogP contribution in [0.1, 0.15) is 51.4 Å². The van der Waals surface area contributed by atoms with Gasteiger partial charge in [0.1, 0.15) is 0 Å². The van der Waals surface area contributed by atoms with E-state index in [1.807, 2.05) is 0 Å². The summed E-state index contributed by atoms with van der Waals surface area (Å²) in [5.74, 6) is 3.17. The van der Waals surface area contributed by atoms with Crippen molar-refractivity contribution in [3.8, 4) is 0 Å². The lowest BCUT2D eigenvalue weighted by Crippen LogP contribution is -2.33. The van der Waals surface area contributed by atoms with Crippen molar-refractivity contribution in [2.75, 3.05) is 13.1 Å². The van der Waals surface area contributed by atoms with Crippen molar-refractivity contribution in [2.45, 2.75) is 57.4 Å². The van der Waals surface area contributed by atoms with E-state index >= 15 is 0 Å². The number of hydrogen-bond donors (Lipinski definition) is 2. The molecule has 3 nitrogen and oxygen atoms in total. The molecule has 0 radical (unpaired) electrons. The third kappa shape index (κ3) is 3.85. The summed E-state index contributed by atoms with van der Waals surface area (Å²) in [6.07, 6.45) is 10.1. The Morgan fingerprint density at radius 3 is 2.74 bits per heavy atom. The molecule has 2 bridgehead atoms. The van der Waals surface area contributed by atoms with E-state index in [2.05, 4.69) is 10.6 Å². The number of carbonyl (C=O) groups is 1. The SMILES string of the molecule is Cl.O=C(CC1CCCN1)NCCC1CC2CCC1C2. The van der Waals surface area contributed by atoms with Crippen LogP contribution < -0.4 is 10.6 Å². The fourth-order valence-corrected chi connectivity index (χ4v) is 4.35. The molecule has 0 spiro atoms. The quantitative estimate of drug-likeness (QED) is 0.815. The molecule has 1 amide bonds. The maximum Gasteiger partial charge on any atom is 0.221 e. The predicted octanol–water partition coefficient (Wildman–Crippen LogP) is 2.49. The van der Waals surface area contributed by atoms with Gasteiger partial charge in [-0.25, -0.2) is 0 Å². The molecular formula is C15H27ClN2O. The van der Waals surface area contributed by atoms with E-state index in [0.717, 1.165) is 30.8 Å². The first-order valence-corrected chi connectivity index (χ1v) is 7.81. The van der Waals surface area contributed by atoms with Gasteiger partial charge in [-0.3, -0.25) is 4.79 Å². The van der Waals surface area contributed by atoms with Crippen LogP contribution in [0.4, 0.5) is 0 Å². The molecule has 4 heteroatoms. The Hall–Kier alpha value is -0.280. The summed E-state index contributed by atoms with van der Waals surface area (Å²) in [6, 6.07) is 0.437. The molecule has 3 aliphatic rings. The van der Waals surface area contributed by atoms with E-state index in [0.29, 0.717) is 12.5 Å². The van der Waals surface area contributed by atoms with Gasteiger partial charge in [0, 0.05) is 19.0 Å². The van der Waals surface area contributed by atoms with Gasteiger partial charge in [-0.05, 0) is 62.8 Å². The summed E-state index contributed by atoms with van der Waals surface area (Å²) >= 11 is 0. The van der Waals surface area contributed by atoms with Crippen molar-refractivity contribution in [1.29, 1.82) is 0 Å². The van der Waals surface area contributed by atoms with Crippen LogP contribution in [-0.2, 0) is 4.79 Å². The van der Waals surface area contributed by atoms with Gasteiger partial charge in [-0.15, -0.1) is 12.4 Å². The van der Waals surface area contributed by atoms with Gasteiger partial charge >= 0.3 is 0 Å². The lowest BCUT2D eigenvalue weighted by molar-refractivity contribution is -0.121. The largest absolute Gasteiger partial charge is 0.356 e. The molecule has 1 aliphatic heterocycles. The Kier molecular flexibility index (Phi) is 5.52. The lowest BCUT2D eigenvalue weighted by atomic mass is 9.86. The average Bonchev–Trinajstić information content (AvgIpc) is 3.04. The average molecular weight is 287 g/mol. The first-order chi connectivity index (χ1) is 8.81. The van der Waals surface area contributed by atoms with Crippen LogP contribution in [0.25, 0.3) is 0 Å². The summed E-state index contributed by atoms with van der Waals surface area (Å²) in [6.45, 7) is 1.99. The van der Waals surface area contributed by atoms with Crippen LogP contribution in [-0.4, -0.2) is 25.0 Å². The standard InChI is InChI=1S/C15H26N2O.ClH/c18-15(10-14-2-1-6-16-14)17-7-5-13-9-11-3-4-12(13)8-11;/h11-14,16H,1-10H2,(H,17,18);1H. The van der Waals surface area contributed by atoms with Gasteiger partial charge in [0.2, 0.25) is 5.91 Å². The third-order valence-electron chi connectivity index (χ3n) is 5.32. The topological polar surface area (TPSA) is 41.1 Å². The molecule has 2 N–H and O–H groups in total. The molecular weight excluding hydrogens is 260 g/mol. The highest BCUT2D eigenvalue weighted by atomic mass is 35.5. The van der Waals surface area contributed by atoms with Gasteiger partial charge < -0.3 is 10.6 Å². The van der Waals surface area contributed by atoms with E-state index in [9.17, 15) is 4.79 Å². The van der Waals surface area contributed by atoms with Gasteiger partial charge in [-0.2, -0.15) is 0 Å². The van der Waals surface area contributed by atoms with Crippen LogP contribution >= 0.6 is 12.4 Å². The van der Waals surface area contributed by atoms with Crippen molar-refractivity contribution in [1.82, 2.24) is 10.6 Å². The minimum atomic E-state index is 0. The number of halogens is 1. The summed E-state index contributed by atoms with van der Waals surface area (Å²) in [5.41, 5.74) is 0. The van der Waals surface area contributed by atoms with Crippen molar-refractivity contribution in [2.24, 2.45) is 17.8 Å². The normalized spacial score (nSPS) is 36.2. The Balaban J connectivity index is 0.00000133. The Bertz CT molecular complexity index is 305. The van der Waals surface area contributed by atoms with E-state index in [-0.39, 0.29) is 18.3 Å². The molecule has 2 saturated carbocycles. The molecule has 4 unspecified atom stereocenters. The van der Waals surface area contributed by atoms with E-state index < -0.39 is 0 Å². The van der Waals surface area contributed by atoms with Crippen LogP contribution in [0.2, 0.25) is 0 Å². The second-order valence-electron chi connectivity index (χ2n) is 6.57. The monoisotopic (exact) mass is 286 g/mol. The van der Waals surface area contributed by atoms with Crippen molar-refractivity contribution in [3.05, 3.63) is 0 Å². The first kappa shape index (κ1) is 15.1. The van der Waals surface area contributed by atoms with E-state index in [1.54, 1.807) is 0 Å². The van der Waals surface area contributed by atoms with Gasteiger partial charge in [0.15, 0.2) is 0 Å². The molecule has 3 rings (SSSR count). The minimum Gasteiger partial charge on any atom is -0.356 e. The van der Waals surface area contributed by atoms with Crippen molar-refractivity contribution < 1.29 is 4.79 Å². The summed E-state index contributed by atoms with van der Waals surface area (Å²) in [7, 11) is 0. The molecule has 2 aliphatic carbocycles. The smallest absolute Gasteiger partial charge is 0.221 e. The third-order valence-corrected chi connectivity index (χ3v) is 5.32. The minimum absolute atomic E-state index is 0. The zero-order valence-corrected chi connectivity index (χ0v) is 12.5. The van der Waals surface area contributed by atoms with E-state index in [4.69, 9.17) is 0 Å². The number of nitrogens with one attached hydrogen (secondary N) is 2. The molecule has 4 atom stereocenters. The Labute approximate surface area is 122 Å². The molecule has 0 aromatic carbocycles. The molecule has 1 heterocycles. The molecule has 0 aromatic heterocycles. The van der Waals surface area contributed by atoms with Crippen LogP contribution in [0.3, 0.4) is 0 Å². The molecule has 3 fully saturated rings. The second kappa shape index (κ2) is 6.94. The van der Waals surface area contributed by atoms with E-state index in [1.165, 1.54) is 44.9 Å². The van der Waals surface area contributed by atoms with Crippen LogP contribution in [0.15, 0.2) is 0 Å².